The zero-order valence-corrected chi connectivity index (χ0v) is 23.2. The van der Waals surface area contributed by atoms with Crippen LogP contribution in [0.2, 0.25) is 0 Å². The number of anilines is 1. The van der Waals surface area contributed by atoms with Crippen molar-refractivity contribution in [2.24, 2.45) is 0 Å². The number of nitrogens with zero attached hydrogens (tertiary/aromatic N) is 7. The maximum atomic E-state index is 13.8. The number of benzene rings is 1. The highest BCUT2D eigenvalue weighted by Gasteiger charge is 2.36. The first kappa shape index (κ1) is 27.9. The van der Waals surface area contributed by atoms with Crippen molar-refractivity contribution in [3.8, 4) is 28.8 Å². The minimum Gasteiger partial charge on any atom is -0.479 e. The Hall–Kier alpha value is -4.17. The maximum Gasteiger partial charge on any atom is 0.245 e. The van der Waals surface area contributed by atoms with Crippen LogP contribution in [-0.4, -0.2) is 68.7 Å². The standard InChI is InChI=1S/C25H30N8O5S/c1-15(2)38-20(21-26-12-16(3)13-27-21)17(4)39(34,35)32-25-31-30-22(18-10-8-7-9-11-18)33(25)19-23(36-5)28-14-29-24(19)37-6/h7-15,17,20H,1-6H3,(H,31,32)/t17-,20+/m0/s1. The quantitative estimate of drug-likeness (QED) is 0.290. The molecule has 13 nitrogen and oxygen atoms in total. The monoisotopic (exact) mass is 554 g/mol. The second-order valence-corrected chi connectivity index (χ2v) is 10.9. The number of hydrogen-bond donors (Lipinski definition) is 1. The molecule has 39 heavy (non-hydrogen) atoms. The molecular formula is C25H30N8O5S. The van der Waals surface area contributed by atoms with E-state index in [1.807, 2.05) is 51.1 Å². The molecule has 0 spiro atoms. The zero-order chi connectivity index (χ0) is 28.2. The molecule has 0 radical (unpaired) electrons. The third-order valence-electron chi connectivity index (χ3n) is 5.68. The fraction of sp³-hybridized carbons (Fsp3) is 0.360. The average Bonchev–Trinajstić information content (AvgIpc) is 3.33. The Morgan fingerprint density at radius 3 is 2.08 bits per heavy atom. The van der Waals surface area contributed by atoms with Gasteiger partial charge < -0.3 is 14.2 Å². The number of ether oxygens (including phenoxy) is 3. The summed E-state index contributed by atoms with van der Waals surface area (Å²) in [5.74, 6) is 0.686. The SMILES string of the molecule is COc1ncnc(OC)c1-n1c(NS(=O)(=O)[C@@H](C)[C@@H](OC(C)C)c2ncc(C)cn2)nnc1-c1ccccc1. The molecule has 4 rings (SSSR count). The number of aryl methyl sites for hydroxylation is 1. The van der Waals surface area contributed by atoms with Gasteiger partial charge in [0.05, 0.1) is 20.3 Å². The minimum absolute atomic E-state index is 0.125. The van der Waals surface area contributed by atoms with E-state index >= 15 is 0 Å². The summed E-state index contributed by atoms with van der Waals surface area (Å²) in [5, 5.41) is 7.34. The van der Waals surface area contributed by atoms with E-state index < -0.39 is 21.4 Å². The Balaban J connectivity index is 1.83. The number of nitrogens with one attached hydrogen (secondary N) is 1. The van der Waals surface area contributed by atoms with Crippen molar-refractivity contribution >= 4 is 16.0 Å². The largest absolute Gasteiger partial charge is 0.479 e. The lowest BCUT2D eigenvalue weighted by Crippen LogP contribution is -2.35. The predicted molar refractivity (Wildman–Crippen MR) is 143 cm³/mol. The van der Waals surface area contributed by atoms with Crippen LogP contribution in [0, 0.1) is 6.92 Å². The molecule has 4 aromatic rings. The lowest BCUT2D eigenvalue weighted by atomic mass is 10.2. The molecule has 0 aliphatic heterocycles. The smallest absolute Gasteiger partial charge is 0.245 e. The molecule has 206 valence electrons. The molecule has 0 bridgehead atoms. The highest BCUT2D eigenvalue weighted by atomic mass is 32.2. The molecule has 0 aliphatic carbocycles. The second-order valence-electron chi connectivity index (χ2n) is 8.87. The summed E-state index contributed by atoms with van der Waals surface area (Å²) in [6, 6.07) is 9.12. The Morgan fingerprint density at radius 2 is 1.51 bits per heavy atom. The third-order valence-corrected chi connectivity index (χ3v) is 7.38. The van der Waals surface area contributed by atoms with Crippen LogP contribution in [0.5, 0.6) is 11.8 Å². The van der Waals surface area contributed by atoms with Crippen molar-refractivity contribution in [1.82, 2.24) is 34.7 Å². The van der Waals surface area contributed by atoms with Crippen LogP contribution in [0.3, 0.4) is 0 Å². The van der Waals surface area contributed by atoms with Gasteiger partial charge in [0, 0.05) is 18.0 Å². The number of rotatable bonds is 11. The first-order valence-corrected chi connectivity index (χ1v) is 13.6. The summed E-state index contributed by atoms with van der Waals surface area (Å²) in [5.41, 5.74) is 1.71. The molecule has 0 saturated carbocycles. The van der Waals surface area contributed by atoms with Gasteiger partial charge in [0.2, 0.25) is 27.7 Å². The normalized spacial score (nSPS) is 13.2. The highest BCUT2D eigenvalue weighted by Crippen LogP contribution is 2.35. The third kappa shape index (κ3) is 5.96. The molecule has 1 aromatic carbocycles. The molecule has 0 unspecified atom stereocenters. The topological polar surface area (TPSA) is 156 Å². The molecule has 0 aliphatic rings. The molecule has 0 amide bonds. The molecular weight excluding hydrogens is 524 g/mol. The van der Waals surface area contributed by atoms with E-state index in [1.54, 1.807) is 12.4 Å². The lowest BCUT2D eigenvalue weighted by molar-refractivity contribution is 0.00152. The number of methoxy groups -OCH3 is 2. The van der Waals surface area contributed by atoms with E-state index in [4.69, 9.17) is 14.2 Å². The second kappa shape index (κ2) is 11.7. The van der Waals surface area contributed by atoms with Gasteiger partial charge in [-0.05, 0) is 33.3 Å². The van der Waals surface area contributed by atoms with Gasteiger partial charge in [0.25, 0.3) is 0 Å². The fourth-order valence-corrected chi connectivity index (χ4v) is 4.86. The van der Waals surface area contributed by atoms with Crippen molar-refractivity contribution < 1.29 is 22.6 Å². The van der Waals surface area contributed by atoms with E-state index in [9.17, 15) is 8.42 Å². The minimum atomic E-state index is -4.16. The van der Waals surface area contributed by atoms with Gasteiger partial charge in [-0.3, -0.25) is 9.29 Å². The van der Waals surface area contributed by atoms with E-state index in [1.165, 1.54) is 32.0 Å². The van der Waals surface area contributed by atoms with Crippen molar-refractivity contribution in [2.75, 3.05) is 18.9 Å². The first-order chi connectivity index (χ1) is 18.7. The Bertz CT molecular complexity index is 1490. The highest BCUT2D eigenvalue weighted by molar-refractivity contribution is 7.93. The van der Waals surface area contributed by atoms with E-state index in [2.05, 4.69) is 34.9 Å². The summed E-state index contributed by atoms with van der Waals surface area (Å²) in [6.07, 6.45) is 3.25. The van der Waals surface area contributed by atoms with E-state index in [-0.39, 0.29) is 35.3 Å². The molecule has 3 aromatic heterocycles. The van der Waals surface area contributed by atoms with Crippen LogP contribution >= 0.6 is 0 Å². The average molecular weight is 555 g/mol. The van der Waals surface area contributed by atoms with Crippen LogP contribution in [-0.2, 0) is 14.8 Å². The number of sulfonamides is 1. The molecule has 0 fully saturated rings. The number of aromatic nitrogens is 7. The van der Waals surface area contributed by atoms with Gasteiger partial charge in [0.1, 0.15) is 17.7 Å². The zero-order valence-electron chi connectivity index (χ0n) is 22.4. The van der Waals surface area contributed by atoms with Gasteiger partial charge in [-0.1, -0.05) is 30.3 Å². The van der Waals surface area contributed by atoms with Crippen molar-refractivity contribution in [2.45, 2.75) is 45.2 Å². The summed E-state index contributed by atoms with van der Waals surface area (Å²) in [7, 11) is -1.30. The Labute approximate surface area is 226 Å². The van der Waals surface area contributed by atoms with E-state index in [0.717, 1.165) is 5.56 Å². The van der Waals surface area contributed by atoms with Crippen LogP contribution in [0.25, 0.3) is 17.1 Å². The summed E-state index contributed by atoms with van der Waals surface area (Å²) in [6.45, 7) is 6.98. The van der Waals surface area contributed by atoms with Gasteiger partial charge in [-0.15, -0.1) is 10.2 Å². The first-order valence-electron chi connectivity index (χ1n) is 12.1. The van der Waals surface area contributed by atoms with Crippen molar-refractivity contribution in [3.63, 3.8) is 0 Å². The van der Waals surface area contributed by atoms with Crippen LogP contribution in [0.1, 0.15) is 38.3 Å². The van der Waals surface area contributed by atoms with Crippen LogP contribution in [0.15, 0.2) is 49.1 Å². The molecule has 1 N–H and O–H groups in total. The van der Waals surface area contributed by atoms with Gasteiger partial charge in [0.15, 0.2) is 17.3 Å². The van der Waals surface area contributed by atoms with Gasteiger partial charge >= 0.3 is 0 Å². The molecule has 2 atom stereocenters. The summed E-state index contributed by atoms with van der Waals surface area (Å²) in [4.78, 5) is 17.0. The molecule has 3 heterocycles. The summed E-state index contributed by atoms with van der Waals surface area (Å²) >= 11 is 0. The lowest BCUT2D eigenvalue weighted by Gasteiger charge is -2.25. The van der Waals surface area contributed by atoms with Crippen LogP contribution in [0.4, 0.5) is 5.95 Å². The van der Waals surface area contributed by atoms with Gasteiger partial charge in [-0.25, -0.2) is 18.4 Å². The van der Waals surface area contributed by atoms with Crippen molar-refractivity contribution in [3.05, 3.63) is 60.4 Å². The Kier molecular flexibility index (Phi) is 8.35. The Morgan fingerprint density at radius 1 is 0.897 bits per heavy atom. The van der Waals surface area contributed by atoms with Gasteiger partial charge in [-0.2, -0.15) is 9.97 Å². The maximum absolute atomic E-state index is 13.8. The molecule has 0 saturated heterocycles. The summed E-state index contributed by atoms with van der Waals surface area (Å²) < 4.78 is 48.5. The van der Waals surface area contributed by atoms with E-state index in [0.29, 0.717) is 11.4 Å². The predicted octanol–water partition coefficient (Wildman–Crippen LogP) is 3.14. The molecule has 14 heteroatoms. The van der Waals surface area contributed by atoms with Crippen molar-refractivity contribution in [1.29, 1.82) is 0 Å². The fourth-order valence-electron chi connectivity index (χ4n) is 3.78. The number of hydrogen-bond acceptors (Lipinski definition) is 11. The van der Waals surface area contributed by atoms with Crippen LogP contribution < -0.4 is 14.2 Å².